The second-order valence-electron chi connectivity index (χ2n) is 13.5. The van der Waals surface area contributed by atoms with E-state index in [9.17, 15) is 0 Å². The molecule has 4 aromatic carbocycles. The molecule has 0 saturated heterocycles. The molecule has 0 fully saturated rings. The average Bonchev–Trinajstić information content (AvgIpc) is 3.61. The lowest BCUT2D eigenvalue weighted by molar-refractivity contribution is 0.469. The van der Waals surface area contributed by atoms with Crippen molar-refractivity contribution >= 4 is 33.2 Å². The topological polar surface area (TPSA) is 33.5 Å². The van der Waals surface area contributed by atoms with E-state index in [-0.39, 0.29) is 11.6 Å². The van der Waals surface area contributed by atoms with Crippen molar-refractivity contribution in [1.82, 2.24) is 14.5 Å². The van der Waals surface area contributed by atoms with Crippen LogP contribution < -0.4 is 9.64 Å². The standard InChI is InChI=1S/C42H38N4O/c1-28-12-10-13-29(2)41(28)45-27-38(44-23-9-8-18-40(44)45)30-14-11-15-32(24-30)47-33-19-20-35-34-16-6-7-17-36(34)46(37(35)26-33)39-25-31(21-22-43-39)42(3,4)5/h6-27,40H,1-5H3. The molecule has 0 N–H and O–H groups in total. The molecule has 0 radical (unpaired) electrons. The maximum absolute atomic E-state index is 6.61. The van der Waals surface area contributed by atoms with Gasteiger partial charge in [0.2, 0.25) is 0 Å². The van der Waals surface area contributed by atoms with Crippen molar-refractivity contribution in [2.45, 2.75) is 46.2 Å². The fourth-order valence-electron chi connectivity index (χ4n) is 6.97. The second-order valence-corrected chi connectivity index (χ2v) is 13.5. The maximum atomic E-state index is 6.61. The number of hydrogen-bond donors (Lipinski definition) is 0. The fourth-order valence-corrected chi connectivity index (χ4v) is 6.97. The molecular formula is C42H38N4O. The summed E-state index contributed by atoms with van der Waals surface area (Å²) in [5, 5.41) is 2.36. The van der Waals surface area contributed by atoms with E-state index in [1.807, 2.05) is 12.3 Å². The van der Waals surface area contributed by atoms with E-state index in [1.54, 1.807) is 0 Å². The lowest BCUT2D eigenvalue weighted by Crippen LogP contribution is -2.36. The predicted molar refractivity (Wildman–Crippen MR) is 194 cm³/mol. The molecule has 1 atom stereocenters. The molecule has 0 amide bonds. The molecule has 2 aliphatic rings. The molecular weight excluding hydrogens is 576 g/mol. The van der Waals surface area contributed by atoms with E-state index in [0.29, 0.717) is 0 Å². The van der Waals surface area contributed by atoms with Crippen LogP contribution in [-0.2, 0) is 5.41 Å². The van der Waals surface area contributed by atoms with Gasteiger partial charge in [0.25, 0.3) is 0 Å². The van der Waals surface area contributed by atoms with Gasteiger partial charge in [-0.3, -0.25) is 4.57 Å². The Balaban J connectivity index is 1.18. The van der Waals surface area contributed by atoms with Crippen LogP contribution in [0.1, 0.15) is 43.0 Å². The van der Waals surface area contributed by atoms with E-state index >= 15 is 0 Å². The van der Waals surface area contributed by atoms with Gasteiger partial charge in [-0.05, 0) is 90.6 Å². The number of nitrogens with zero attached hydrogens (tertiary/aromatic N) is 4. The number of rotatable bonds is 5. The summed E-state index contributed by atoms with van der Waals surface area (Å²) in [6.07, 6.45) is 12.9. The summed E-state index contributed by atoms with van der Waals surface area (Å²) in [6, 6.07) is 34.1. The predicted octanol–water partition coefficient (Wildman–Crippen LogP) is 10.4. The number of allylic oxidation sites excluding steroid dienone is 2. The van der Waals surface area contributed by atoms with Gasteiger partial charge in [-0.1, -0.05) is 75.4 Å². The summed E-state index contributed by atoms with van der Waals surface area (Å²) in [4.78, 5) is 9.54. The fraction of sp³-hybridized carbons (Fsp3) is 0.167. The summed E-state index contributed by atoms with van der Waals surface area (Å²) < 4.78 is 8.87. The zero-order chi connectivity index (χ0) is 32.3. The number of ether oxygens (including phenoxy) is 1. The van der Waals surface area contributed by atoms with Crippen molar-refractivity contribution in [2.24, 2.45) is 0 Å². The van der Waals surface area contributed by atoms with Crippen LogP contribution in [0.3, 0.4) is 0 Å². The Kier molecular flexibility index (Phi) is 6.80. The first kappa shape index (κ1) is 28.9. The van der Waals surface area contributed by atoms with Gasteiger partial charge in [-0.25, -0.2) is 4.98 Å². The number of anilines is 1. The van der Waals surface area contributed by atoms with Crippen molar-refractivity contribution in [3.8, 4) is 17.3 Å². The van der Waals surface area contributed by atoms with E-state index in [4.69, 9.17) is 9.72 Å². The van der Waals surface area contributed by atoms with Crippen molar-refractivity contribution in [3.05, 3.63) is 156 Å². The van der Waals surface area contributed by atoms with Crippen LogP contribution in [0, 0.1) is 13.8 Å². The van der Waals surface area contributed by atoms with Crippen LogP contribution in [0.5, 0.6) is 11.5 Å². The number of benzene rings is 4. The Morgan fingerprint density at radius 2 is 1.47 bits per heavy atom. The van der Waals surface area contributed by atoms with Crippen LogP contribution in [0.4, 0.5) is 5.69 Å². The molecule has 232 valence electrons. The molecule has 5 heteroatoms. The van der Waals surface area contributed by atoms with Crippen molar-refractivity contribution < 1.29 is 4.74 Å². The smallest absolute Gasteiger partial charge is 0.137 e. The molecule has 2 aromatic heterocycles. The zero-order valence-electron chi connectivity index (χ0n) is 27.5. The van der Waals surface area contributed by atoms with Crippen LogP contribution in [-0.4, -0.2) is 20.6 Å². The number of pyridine rings is 1. The average molecular weight is 615 g/mol. The zero-order valence-corrected chi connectivity index (χ0v) is 27.5. The molecule has 1 unspecified atom stereocenters. The number of para-hydroxylation sites is 2. The minimum Gasteiger partial charge on any atom is -0.457 e. The largest absolute Gasteiger partial charge is 0.457 e. The molecule has 0 aliphatic carbocycles. The Morgan fingerprint density at radius 1 is 0.702 bits per heavy atom. The van der Waals surface area contributed by atoms with Gasteiger partial charge in [0.15, 0.2) is 0 Å². The first-order chi connectivity index (χ1) is 22.8. The Bertz CT molecular complexity index is 2240. The number of aromatic nitrogens is 2. The van der Waals surface area contributed by atoms with E-state index in [0.717, 1.165) is 39.6 Å². The van der Waals surface area contributed by atoms with E-state index in [1.165, 1.54) is 33.2 Å². The molecule has 8 rings (SSSR count). The maximum Gasteiger partial charge on any atom is 0.137 e. The van der Waals surface area contributed by atoms with Gasteiger partial charge < -0.3 is 14.5 Å². The third-order valence-electron chi connectivity index (χ3n) is 9.30. The SMILES string of the molecule is Cc1cccc(C)c1N1C=C(c2cccc(Oc3ccc4c5ccccc5n(-c5cc(C(C)(C)C)ccn5)c4c3)c2)N2C=CC=CC21. The third-order valence-corrected chi connectivity index (χ3v) is 9.30. The van der Waals surface area contributed by atoms with E-state index in [2.05, 4.69) is 171 Å². The van der Waals surface area contributed by atoms with Crippen molar-refractivity contribution in [2.75, 3.05) is 4.90 Å². The highest BCUT2D eigenvalue weighted by molar-refractivity contribution is 6.09. The first-order valence-corrected chi connectivity index (χ1v) is 16.2. The molecule has 0 saturated carbocycles. The summed E-state index contributed by atoms with van der Waals surface area (Å²) in [7, 11) is 0. The number of hydrogen-bond acceptors (Lipinski definition) is 4. The lowest BCUT2D eigenvalue weighted by atomic mass is 9.88. The van der Waals surface area contributed by atoms with Crippen molar-refractivity contribution in [3.63, 3.8) is 0 Å². The first-order valence-electron chi connectivity index (χ1n) is 16.2. The van der Waals surface area contributed by atoms with Crippen LogP contribution >= 0.6 is 0 Å². The molecule has 6 aromatic rings. The van der Waals surface area contributed by atoms with Gasteiger partial charge in [-0.15, -0.1) is 0 Å². The van der Waals surface area contributed by atoms with Gasteiger partial charge in [-0.2, -0.15) is 0 Å². The Hall–Kier alpha value is -5.55. The summed E-state index contributed by atoms with van der Waals surface area (Å²) in [5.74, 6) is 2.47. The number of aryl methyl sites for hydroxylation is 2. The van der Waals surface area contributed by atoms with Crippen LogP contribution in [0.25, 0.3) is 33.3 Å². The highest BCUT2D eigenvalue weighted by Crippen LogP contribution is 2.40. The highest BCUT2D eigenvalue weighted by Gasteiger charge is 2.33. The van der Waals surface area contributed by atoms with Crippen LogP contribution in [0.15, 0.2) is 134 Å². The molecule has 4 heterocycles. The highest BCUT2D eigenvalue weighted by atomic mass is 16.5. The second kappa shape index (κ2) is 11.1. The van der Waals surface area contributed by atoms with Crippen LogP contribution in [0.2, 0.25) is 0 Å². The lowest BCUT2D eigenvalue weighted by Gasteiger charge is -2.33. The molecule has 0 spiro atoms. The third kappa shape index (κ3) is 4.99. The Morgan fingerprint density at radius 3 is 2.30 bits per heavy atom. The molecule has 0 bridgehead atoms. The van der Waals surface area contributed by atoms with Gasteiger partial charge >= 0.3 is 0 Å². The summed E-state index contributed by atoms with van der Waals surface area (Å²) in [6.45, 7) is 11.1. The van der Waals surface area contributed by atoms with Gasteiger partial charge in [0.1, 0.15) is 23.5 Å². The molecule has 47 heavy (non-hydrogen) atoms. The monoisotopic (exact) mass is 614 g/mol. The summed E-state index contributed by atoms with van der Waals surface area (Å²) >= 11 is 0. The van der Waals surface area contributed by atoms with Crippen molar-refractivity contribution in [1.29, 1.82) is 0 Å². The molecule has 5 nitrogen and oxygen atoms in total. The number of fused-ring (bicyclic) bond motifs is 4. The minimum absolute atomic E-state index is 0.0145. The van der Waals surface area contributed by atoms with Gasteiger partial charge in [0.05, 0.1) is 16.7 Å². The summed E-state index contributed by atoms with van der Waals surface area (Å²) in [5.41, 5.74) is 9.44. The Labute approximate surface area is 276 Å². The minimum atomic E-state index is 0.0145. The van der Waals surface area contributed by atoms with E-state index < -0.39 is 0 Å². The quantitative estimate of drug-likeness (QED) is 0.193. The normalized spacial score (nSPS) is 15.9. The van der Waals surface area contributed by atoms with Gasteiger partial charge in [0, 0.05) is 46.7 Å². The molecule has 2 aliphatic heterocycles.